The number of hydrogen-bond donors (Lipinski definition) is 0. The first-order valence-electron chi connectivity index (χ1n) is 7.66. The summed E-state index contributed by atoms with van der Waals surface area (Å²) >= 11 is 0. The highest BCUT2D eigenvalue weighted by molar-refractivity contribution is 6.22. The van der Waals surface area contributed by atoms with Gasteiger partial charge >= 0.3 is 0 Å². The van der Waals surface area contributed by atoms with Crippen LogP contribution in [-0.2, 0) is 0 Å². The number of benzene rings is 4. The van der Waals surface area contributed by atoms with Gasteiger partial charge in [0.1, 0.15) is 16.9 Å². The van der Waals surface area contributed by atoms with E-state index in [2.05, 4.69) is 42.5 Å². The highest BCUT2D eigenvalue weighted by atomic mass is 16.5. The van der Waals surface area contributed by atoms with Gasteiger partial charge in [-0.25, -0.2) is 0 Å². The summed E-state index contributed by atoms with van der Waals surface area (Å²) in [4.78, 5) is 0. The Morgan fingerprint density at radius 1 is 0.696 bits per heavy atom. The highest BCUT2D eigenvalue weighted by Crippen LogP contribution is 2.42. The van der Waals surface area contributed by atoms with Gasteiger partial charge in [0.25, 0.3) is 0 Å². The third-order valence-corrected chi connectivity index (χ3v) is 4.54. The minimum absolute atomic E-state index is 0.854. The van der Waals surface area contributed by atoms with Gasteiger partial charge in [-0.15, -0.1) is 0 Å². The summed E-state index contributed by atoms with van der Waals surface area (Å²) < 4.78 is 12.0. The van der Waals surface area contributed by atoms with E-state index >= 15 is 0 Å². The van der Waals surface area contributed by atoms with Crippen LogP contribution in [0.1, 0.15) is 0 Å². The van der Waals surface area contributed by atoms with Crippen molar-refractivity contribution in [2.45, 2.75) is 0 Å². The first-order chi connectivity index (χ1) is 11.4. The Morgan fingerprint density at radius 3 is 2.17 bits per heavy atom. The third-order valence-electron chi connectivity index (χ3n) is 4.54. The molecule has 0 fully saturated rings. The summed E-state index contributed by atoms with van der Waals surface area (Å²) in [6, 6.07) is 22.9. The van der Waals surface area contributed by atoms with Crippen molar-refractivity contribution in [1.82, 2.24) is 0 Å². The Morgan fingerprint density at radius 2 is 1.39 bits per heavy atom. The lowest BCUT2D eigenvalue weighted by Gasteiger charge is -2.05. The molecule has 5 aromatic rings. The Bertz CT molecular complexity index is 1200. The number of ether oxygens (including phenoxy) is 1. The van der Waals surface area contributed by atoms with Crippen molar-refractivity contribution in [3.63, 3.8) is 0 Å². The summed E-state index contributed by atoms with van der Waals surface area (Å²) in [6.07, 6.45) is 0. The Kier molecular flexibility index (Phi) is 2.45. The van der Waals surface area contributed by atoms with E-state index in [1.807, 2.05) is 24.3 Å². The van der Waals surface area contributed by atoms with Gasteiger partial charge < -0.3 is 9.15 Å². The molecule has 0 aliphatic carbocycles. The van der Waals surface area contributed by atoms with Crippen molar-refractivity contribution in [2.75, 3.05) is 7.11 Å². The molecule has 1 aromatic heterocycles. The second-order valence-electron chi connectivity index (χ2n) is 5.77. The summed E-state index contributed by atoms with van der Waals surface area (Å²) in [7, 11) is 1.71. The van der Waals surface area contributed by atoms with E-state index in [1.54, 1.807) is 7.11 Å². The maximum atomic E-state index is 6.34. The van der Waals surface area contributed by atoms with Crippen LogP contribution in [0.4, 0.5) is 0 Å². The van der Waals surface area contributed by atoms with E-state index in [9.17, 15) is 0 Å². The van der Waals surface area contributed by atoms with Crippen molar-refractivity contribution in [2.24, 2.45) is 0 Å². The molecule has 0 aliphatic heterocycles. The quantitative estimate of drug-likeness (QED) is 0.384. The van der Waals surface area contributed by atoms with Crippen LogP contribution in [0.2, 0.25) is 0 Å². The largest absolute Gasteiger partial charge is 0.496 e. The molecule has 23 heavy (non-hydrogen) atoms. The fourth-order valence-electron chi connectivity index (χ4n) is 3.46. The normalized spacial score (nSPS) is 11.7. The molecule has 0 spiro atoms. The predicted octanol–water partition coefficient (Wildman–Crippen LogP) is 5.90. The van der Waals surface area contributed by atoms with Gasteiger partial charge in [0.05, 0.1) is 12.5 Å². The fraction of sp³-hybridized carbons (Fsp3) is 0.0476. The van der Waals surface area contributed by atoms with Crippen molar-refractivity contribution in [3.8, 4) is 5.75 Å². The second-order valence-corrected chi connectivity index (χ2v) is 5.77. The first kappa shape index (κ1) is 12.5. The SMILES string of the molecule is COc1cc2ccccc2c2oc3c4ccccc4ccc3c12. The Labute approximate surface area is 132 Å². The zero-order valence-corrected chi connectivity index (χ0v) is 12.7. The maximum Gasteiger partial charge on any atom is 0.147 e. The van der Waals surface area contributed by atoms with E-state index in [1.165, 1.54) is 5.39 Å². The first-order valence-corrected chi connectivity index (χ1v) is 7.66. The van der Waals surface area contributed by atoms with Crippen LogP contribution in [0.5, 0.6) is 5.75 Å². The van der Waals surface area contributed by atoms with Gasteiger partial charge in [0, 0.05) is 16.2 Å². The van der Waals surface area contributed by atoms with Crippen molar-refractivity contribution in [1.29, 1.82) is 0 Å². The molecule has 2 heteroatoms. The maximum absolute atomic E-state index is 6.34. The molecule has 1 heterocycles. The fourth-order valence-corrected chi connectivity index (χ4v) is 3.46. The lowest BCUT2D eigenvalue weighted by Crippen LogP contribution is -1.84. The summed E-state index contributed by atoms with van der Waals surface area (Å²) in [5, 5.41) is 6.70. The molecule has 0 amide bonds. The van der Waals surface area contributed by atoms with Gasteiger partial charge in [-0.1, -0.05) is 54.6 Å². The van der Waals surface area contributed by atoms with E-state index in [4.69, 9.17) is 9.15 Å². The molecule has 0 unspecified atom stereocenters. The molecule has 0 radical (unpaired) electrons. The molecule has 2 nitrogen and oxygen atoms in total. The molecule has 5 rings (SSSR count). The number of hydrogen-bond acceptors (Lipinski definition) is 2. The molecule has 110 valence electrons. The molecule has 0 atom stereocenters. The van der Waals surface area contributed by atoms with Crippen LogP contribution >= 0.6 is 0 Å². The molecular weight excluding hydrogens is 284 g/mol. The minimum atomic E-state index is 0.854. The molecule has 0 saturated heterocycles. The number of methoxy groups -OCH3 is 1. The number of rotatable bonds is 1. The van der Waals surface area contributed by atoms with Crippen molar-refractivity contribution in [3.05, 3.63) is 66.7 Å². The van der Waals surface area contributed by atoms with E-state index < -0.39 is 0 Å². The Balaban J connectivity index is 2.10. The van der Waals surface area contributed by atoms with E-state index in [-0.39, 0.29) is 0 Å². The van der Waals surface area contributed by atoms with Gasteiger partial charge in [0.15, 0.2) is 0 Å². The Hall–Kier alpha value is -3.00. The van der Waals surface area contributed by atoms with Gasteiger partial charge in [-0.3, -0.25) is 0 Å². The van der Waals surface area contributed by atoms with Gasteiger partial charge in [-0.2, -0.15) is 0 Å². The molecule has 0 bridgehead atoms. The van der Waals surface area contributed by atoms with Crippen LogP contribution in [0.3, 0.4) is 0 Å². The van der Waals surface area contributed by atoms with Crippen LogP contribution in [0.15, 0.2) is 71.1 Å². The van der Waals surface area contributed by atoms with Crippen LogP contribution in [0, 0.1) is 0 Å². The zero-order chi connectivity index (χ0) is 15.4. The molecule has 0 aliphatic rings. The topological polar surface area (TPSA) is 22.4 Å². The molecular formula is C21H14O2. The molecule has 0 N–H and O–H groups in total. The lowest BCUT2D eigenvalue weighted by atomic mass is 10.0. The van der Waals surface area contributed by atoms with Crippen LogP contribution < -0.4 is 4.74 Å². The van der Waals surface area contributed by atoms with E-state index in [0.29, 0.717) is 0 Å². The standard InChI is InChI=1S/C21H14O2/c1-22-18-12-14-7-3-5-9-16(14)21-19(18)17-11-10-13-6-2-4-8-15(13)20(17)23-21/h2-12H,1H3. The van der Waals surface area contributed by atoms with Crippen molar-refractivity contribution < 1.29 is 9.15 Å². The van der Waals surface area contributed by atoms with E-state index in [0.717, 1.165) is 43.8 Å². The second kappa shape index (κ2) is 4.50. The summed E-state index contributed by atoms with van der Waals surface area (Å²) in [6.45, 7) is 0. The summed E-state index contributed by atoms with van der Waals surface area (Å²) in [5.41, 5.74) is 1.82. The minimum Gasteiger partial charge on any atom is -0.496 e. The molecule has 4 aromatic carbocycles. The van der Waals surface area contributed by atoms with Gasteiger partial charge in [-0.05, 0) is 22.9 Å². The average molecular weight is 298 g/mol. The smallest absolute Gasteiger partial charge is 0.147 e. The zero-order valence-electron chi connectivity index (χ0n) is 12.7. The summed E-state index contributed by atoms with van der Waals surface area (Å²) in [5.74, 6) is 0.854. The third kappa shape index (κ3) is 1.63. The average Bonchev–Trinajstić information content (AvgIpc) is 3.01. The van der Waals surface area contributed by atoms with Crippen LogP contribution in [-0.4, -0.2) is 7.11 Å². The lowest BCUT2D eigenvalue weighted by molar-refractivity contribution is 0.420. The van der Waals surface area contributed by atoms with Gasteiger partial charge in [0.2, 0.25) is 0 Å². The number of furan rings is 1. The predicted molar refractivity (Wildman–Crippen MR) is 95.3 cm³/mol. The number of fused-ring (bicyclic) bond motifs is 7. The molecule has 0 saturated carbocycles. The highest BCUT2D eigenvalue weighted by Gasteiger charge is 2.16. The monoisotopic (exact) mass is 298 g/mol. The van der Waals surface area contributed by atoms with Crippen molar-refractivity contribution >= 4 is 43.5 Å². The van der Waals surface area contributed by atoms with Crippen LogP contribution in [0.25, 0.3) is 43.5 Å².